The van der Waals surface area contributed by atoms with E-state index >= 15 is 0 Å². The van der Waals surface area contributed by atoms with E-state index in [9.17, 15) is 13.2 Å². The van der Waals surface area contributed by atoms with Gasteiger partial charge in [0.1, 0.15) is 0 Å². The van der Waals surface area contributed by atoms with E-state index in [1.54, 1.807) is 19.0 Å². The van der Waals surface area contributed by atoms with Gasteiger partial charge in [-0.2, -0.15) is 0 Å². The van der Waals surface area contributed by atoms with Crippen molar-refractivity contribution >= 4 is 22.9 Å². The molecule has 1 atom stereocenters. The standard InChI is InChI=1S/C6H11F3NO.Sn/c1-10(2)4-5(11)3-6(7,8)9;/h5H,3-4H2,1-2H3;/q-1;+1. The summed E-state index contributed by atoms with van der Waals surface area (Å²) in [6.45, 7) is 0.310. The summed E-state index contributed by atoms with van der Waals surface area (Å²) < 4.78 is 40.3. The first-order chi connectivity index (χ1) is 5.35. The number of halogens is 3. The molecule has 6 heteroatoms. The molecule has 0 rings (SSSR count). The van der Waals surface area contributed by atoms with Crippen LogP contribution in [0.15, 0.2) is 0 Å². The molecule has 0 amide bonds. The predicted octanol–water partition coefficient (Wildman–Crippen LogP) is 0.969. The van der Waals surface area contributed by atoms with Crippen LogP contribution in [0.1, 0.15) is 6.42 Å². The quantitative estimate of drug-likeness (QED) is 0.715. The van der Waals surface area contributed by atoms with E-state index in [-0.39, 0.29) is 0 Å². The minimum absolute atomic E-state index is 0.310. The summed E-state index contributed by atoms with van der Waals surface area (Å²) in [5.74, 6) is 0. The van der Waals surface area contributed by atoms with E-state index in [2.05, 4.69) is 0 Å². The molecule has 0 saturated heterocycles. The first-order valence-electron chi connectivity index (χ1n) is 3.39. The zero-order chi connectivity index (χ0) is 9.78. The molecule has 0 spiro atoms. The molecule has 0 N–H and O–H groups in total. The first kappa shape index (κ1) is 12.5. The van der Waals surface area contributed by atoms with E-state index in [0.29, 0.717) is 29.5 Å². The van der Waals surface area contributed by atoms with Crippen molar-refractivity contribution in [3.8, 4) is 0 Å². The monoisotopic (exact) mass is 290 g/mol. The van der Waals surface area contributed by atoms with Crippen molar-refractivity contribution in [2.75, 3.05) is 20.6 Å². The molecule has 1 unspecified atom stereocenters. The third-order valence-electron chi connectivity index (χ3n) is 1.19. The maximum atomic E-state index is 11.9. The molecular formula is C6H11F3NOSn. The van der Waals surface area contributed by atoms with E-state index in [1.165, 1.54) is 0 Å². The Balaban J connectivity index is 3.83. The van der Waals surface area contributed by atoms with Gasteiger partial charge < -0.3 is 0 Å². The molecule has 0 fully saturated rings. The van der Waals surface area contributed by atoms with Crippen LogP contribution < -0.4 is 0 Å². The zero-order valence-electron chi connectivity index (χ0n) is 6.98. The summed E-state index contributed by atoms with van der Waals surface area (Å²) >= 11 is 0.678. The van der Waals surface area contributed by atoms with Gasteiger partial charge in [-0.05, 0) is 0 Å². The molecule has 0 heterocycles. The van der Waals surface area contributed by atoms with Crippen LogP contribution in [0.5, 0.6) is 0 Å². The van der Waals surface area contributed by atoms with Gasteiger partial charge in [0.2, 0.25) is 0 Å². The Morgan fingerprint density at radius 3 is 2.17 bits per heavy atom. The molecule has 2 nitrogen and oxygen atoms in total. The van der Waals surface area contributed by atoms with Crippen LogP contribution in [0.2, 0.25) is 0 Å². The first-order valence-corrected chi connectivity index (χ1v) is 4.55. The van der Waals surface area contributed by atoms with Crippen LogP contribution in [0.3, 0.4) is 0 Å². The molecule has 0 saturated carbocycles. The minimum atomic E-state index is -4.13. The van der Waals surface area contributed by atoms with Crippen molar-refractivity contribution in [2.45, 2.75) is 18.7 Å². The van der Waals surface area contributed by atoms with Gasteiger partial charge in [-0.3, -0.25) is 0 Å². The fourth-order valence-electron chi connectivity index (χ4n) is 0.809. The Kier molecular flexibility index (Phi) is 5.51. The molecule has 0 bridgehead atoms. The zero-order valence-corrected chi connectivity index (χ0v) is 9.84. The molecule has 0 aromatic heterocycles. The Labute approximate surface area is 83.7 Å². The molecule has 0 aliphatic carbocycles. The normalized spacial score (nSPS) is 15.2. The fraction of sp³-hybridized carbons (Fsp3) is 1.00. The van der Waals surface area contributed by atoms with Gasteiger partial charge in [-0.25, -0.2) is 0 Å². The SMILES string of the molecule is CN(C)CC(CC(F)(F)F)[O][Sn]. The second-order valence-electron chi connectivity index (χ2n) is 2.82. The summed E-state index contributed by atoms with van der Waals surface area (Å²) in [5, 5.41) is 0. The molecule has 0 aliphatic rings. The molecule has 0 aliphatic heterocycles. The number of hydrogen-bond donors (Lipinski definition) is 0. The van der Waals surface area contributed by atoms with Crippen LogP contribution in [0, 0.1) is 0 Å². The second kappa shape index (κ2) is 5.28. The Morgan fingerprint density at radius 2 is 1.92 bits per heavy atom. The molecule has 12 heavy (non-hydrogen) atoms. The van der Waals surface area contributed by atoms with Crippen LogP contribution in [0.4, 0.5) is 13.2 Å². The van der Waals surface area contributed by atoms with Crippen molar-refractivity contribution < 1.29 is 16.2 Å². The Bertz CT molecular complexity index is 128. The Hall–Kier alpha value is 0.509. The number of likely N-dealkylation sites (N-methyl/N-ethyl adjacent to an activating group) is 1. The number of rotatable bonds is 4. The third-order valence-corrected chi connectivity index (χ3v) is 2.15. The Morgan fingerprint density at radius 1 is 1.42 bits per heavy atom. The maximum absolute atomic E-state index is 11.9. The fourth-order valence-corrected chi connectivity index (χ4v) is 1.26. The molecular weight excluding hydrogens is 278 g/mol. The van der Waals surface area contributed by atoms with Gasteiger partial charge in [0.25, 0.3) is 0 Å². The van der Waals surface area contributed by atoms with Crippen molar-refractivity contribution in [2.24, 2.45) is 0 Å². The van der Waals surface area contributed by atoms with Crippen molar-refractivity contribution in [3.05, 3.63) is 0 Å². The third kappa shape index (κ3) is 7.17. The number of alkyl halides is 3. The van der Waals surface area contributed by atoms with Gasteiger partial charge in [0.15, 0.2) is 0 Å². The average Bonchev–Trinajstić information content (AvgIpc) is 1.82. The van der Waals surface area contributed by atoms with Crippen LogP contribution >= 0.6 is 0 Å². The summed E-state index contributed by atoms with van der Waals surface area (Å²) in [6.07, 6.45) is -5.72. The van der Waals surface area contributed by atoms with E-state index < -0.39 is 18.7 Å². The van der Waals surface area contributed by atoms with E-state index in [4.69, 9.17) is 3.07 Å². The summed E-state index contributed by atoms with van der Waals surface area (Å²) in [7, 11) is 3.44. The topological polar surface area (TPSA) is 12.5 Å². The molecule has 0 aromatic rings. The van der Waals surface area contributed by atoms with Gasteiger partial charge in [0.05, 0.1) is 0 Å². The predicted molar refractivity (Wildman–Crippen MR) is 39.9 cm³/mol. The van der Waals surface area contributed by atoms with E-state index in [0.717, 1.165) is 0 Å². The molecule has 71 valence electrons. The van der Waals surface area contributed by atoms with Crippen molar-refractivity contribution in [1.82, 2.24) is 4.90 Å². The summed E-state index contributed by atoms with van der Waals surface area (Å²) in [5.41, 5.74) is 0. The van der Waals surface area contributed by atoms with E-state index in [1.807, 2.05) is 0 Å². The van der Waals surface area contributed by atoms with Crippen LogP contribution in [0.25, 0.3) is 0 Å². The van der Waals surface area contributed by atoms with Gasteiger partial charge in [-0.15, -0.1) is 0 Å². The van der Waals surface area contributed by atoms with Gasteiger partial charge >= 0.3 is 83.4 Å². The summed E-state index contributed by atoms with van der Waals surface area (Å²) in [4.78, 5) is 1.68. The molecule has 3 radical (unpaired) electrons. The second-order valence-corrected chi connectivity index (χ2v) is 3.49. The van der Waals surface area contributed by atoms with Crippen LogP contribution in [-0.2, 0) is 3.07 Å². The van der Waals surface area contributed by atoms with Crippen LogP contribution in [-0.4, -0.2) is 60.8 Å². The van der Waals surface area contributed by atoms with Gasteiger partial charge in [-0.1, -0.05) is 0 Å². The summed E-state index contributed by atoms with van der Waals surface area (Å²) in [6, 6.07) is 0. The van der Waals surface area contributed by atoms with Crippen molar-refractivity contribution in [1.29, 1.82) is 0 Å². The van der Waals surface area contributed by atoms with Crippen molar-refractivity contribution in [3.63, 3.8) is 0 Å². The van der Waals surface area contributed by atoms with Gasteiger partial charge in [0, 0.05) is 0 Å². The average molecular weight is 289 g/mol. The number of nitrogens with zero attached hydrogens (tertiary/aromatic N) is 1. The number of hydrogen-bond acceptors (Lipinski definition) is 2. The molecule has 0 aromatic carbocycles.